The summed E-state index contributed by atoms with van der Waals surface area (Å²) in [5.74, 6) is 0. The van der Waals surface area contributed by atoms with E-state index < -0.39 is 0 Å². The molecule has 0 fully saturated rings. The third kappa shape index (κ3) is 2.88. The minimum absolute atomic E-state index is 1.37. The molecule has 0 aromatic heterocycles. The normalized spacial score (nSPS) is 7.25. The molecule has 0 unspecified atom stereocenters. The van der Waals surface area contributed by atoms with Crippen LogP contribution in [0.15, 0.2) is 0 Å². The van der Waals surface area contributed by atoms with Crippen molar-refractivity contribution < 1.29 is 0 Å². The molecule has 0 aliphatic carbocycles. The molecule has 0 bridgehead atoms. The molecule has 0 saturated carbocycles. The zero-order chi connectivity index (χ0) is 3.41. The molecule has 22 valence electrons. The Bertz CT molecular complexity index is 5.25. The van der Waals surface area contributed by atoms with Gasteiger partial charge in [-0.2, -0.15) is 0 Å². The Morgan fingerprint density at radius 3 is 2.00 bits per heavy atom. The Morgan fingerprint density at radius 1 is 1.75 bits per heavy atom. The second-order valence-corrected chi connectivity index (χ2v) is 2.46. The molecule has 0 N–H and O–H groups in total. The summed E-state index contributed by atoms with van der Waals surface area (Å²) in [5, 5.41) is 0. The molecular formula is C3H7Bi+2. The average Bonchev–Trinajstić information content (AvgIpc) is 1.37. The monoisotopic (exact) mass is 252 g/mol. The van der Waals surface area contributed by atoms with Gasteiger partial charge in [-0.3, -0.25) is 0 Å². The standard InChI is InChI=1S/C3H7.Bi/c1-3-2;/h1,3H2,2H3;/q;+2. The summed E-state index contributed by atoms with van der Waals surface area (Å²) in [6.45, 7) is 2.21. The molecule has 0 aliphatic rings. The van der Waals surface area contributed by atoms with Crippen molar-refractivity contribution >= 4 is 24.7 Å². The second kappa shape index (κ2) is 3.88. The van der Waals surface area contributed by atoms with E-state index in [9.17, 15) is 0 Å². The first-order valence-electron chi connectivity index (χ1n) is 1.52. The molecule has 0 atom stereocenters. The molecule has 0 spiro atoms. The van der Waals surface area contributed by atoms with Gasteiger partial charge in [-0.05, 0) is 0 Å². The van der Waals surface area contributed by atoms with E-state index in [0.29, 0.717) is 0 Å². The van der Waals surface area contributed by atoms with Gasteiger partial charge in [0.25, 0.3) is 0 Å². The molecule has 0 aliphatic heterocycles. The quantitative estimate of drug-likeness (QED) is 0.610. The third-order valence-electron chi connectivity index (χ3n) is 0.224. The summed E-state index contributed by atoms with van der Waals surface area (Å²) in [7, 11) is 0. The summed E-state index contributed by atoms with van der Waals surface area (Å²) in [5.41, 5.74) is 0. The zero-order valence-corrected chi connectivity index (χ0v) is 6.34. The van der Waals surface area contributed by atoms with Crippen LogP contribution in [0.2, 0.25) is 4.13 Å². The molecule has 0 nitrogen and oxygen atoms in total. The minimum atomic E-state index is 1.37. The fourth-order valence-corrected chi connectivity index (χ4v) is 0. The summed E-state index contributed by atoms with van der Waals surface area (Å²) in [4.78, 5) is 0. The Balaban J connectivity index is 1.97. The van der Waals surface area contributed by atoms with Crippen LogP contribution in [0.4, 0.5) is 0 Å². The van der Waals surface area contributed by atoms with Gasteiger partial charge in [-0.15, -0.1) is 0 Å². The molecular weight excluding hydrogens is 245 g/mol. The molecule has 1 heteroatoms. The van der Waals surface area contributed by atoms with Gasteiger partial charge < -0.3 is 0 Å². The van der Waals surface area contributed by atoms with Crippen molar-refractivity contribution in [2.45, 2.75) is 17.5 Å². The van der Waals surface area contributed by atoms with Gasteiger partial charge in [-0.25, -0.2) is 0 Å². The maximum absolute atomic E-state index is 2.21. The van der Waals surface area contributed by atoms with Crippen LogP contribution in [0.3, 0.4) is 0 Å². The van der Waals surface area contributed by atoms with Crippen LogP contribution in [0.1, 0.15) is 13.3 Å². The summed E-state index contributed by atoms with van der Waals surface area (Å²) < 4.78 is 1.43. The Labute approximate surface area is 42.4 Å². The van der Waals surface area contributed by atoms with Crippen LogP contribution < -0.4 is 0 Å². The van der Waals surface area contributed by atoms with Gasteiger partial charge in [-0.1, -0.05) is 0 Å². The first-order valence-corrected chi connectivity index (χ1v) is 3.98. The first kappa shape index (κ1) is 4.88. The zero-order valence-electron chi connectivity index (χ0n) is 2.86. The molecule has 0 saturated heterocycles. The molecule has 0 aromatic rings. The average molecular weight is 252 g/mol. The predicted molar refractivity (Wildman–Crippen MR) is 20.9 cm³/mol. The molecule has 0 rings (SSSR count). The van der Waals surface area contributed by atoms with Crippen molar-refractivity contribution in [3.63, 3.8) is 0 Å². The van der Waals surface area contributed by atoms with E-state index in [2.05, 4.69) is 6.92 Å². The van der Waals surface area contributed by atoms with Crippen molar-refractivity contribution in [3.05, 3.63) is 0 Å². The summed E-state index contributed by atoms with van der Waals surface area (Å²) >= 11 is 1.55. The van der Waals surface area contributed by atoms with Crippen LogP contribution in [-0.2, 0) is 0 Å². The van der Waals surface area contributed by atoms with E-state index in [1.54, 1.807) is 24.7 Å². The third-order valence-corrected chi connectivity index (χ3v) is 1.96. The van der Waals surface area contributed by atoms with E-state index in [4.69, 9.17) is 0 Å². The van der Waals surface area contributed by atoms with Gasteiger partial charge in [0.05, 0.1) is 0 Å². The Kier molecular flexibility index (Phi) is 4.74. The Morgan fingerprint density at radius 2 is 2.00 bits per heavy atom. The van der Waals surface area contributed by atoms with Crippen LogP contribution in [0, 0.1) is 0 Å². The van der Waals surface area contributed by atoms with E-state index in [0.717, 1.165) is 0 Å². The van der Waals surface area contributed by atoms with Gasteiger partial charge >= 0.3 is 42.2 Å². The SMILES string of the molecule is CC[CH2][Bi+2]. The van der Waals surface area contributed by atoms with E-state index in [1.807, 2.05) is 0 Å². The van der Waals surface area contributed by atoms with Gasteiger partial charge in [0, 0.05) is 0 Å². The molecule has 0 heterocycles. The van der Waals surface area contributed by atoms with Gasteiger partial charge in [0.15, 0.2) is 0 Å². The fourth-order valence-electron chi connectivity index (χ4n) is 0. The second-order valence-electron chi connectivity index (χ2n) is 0.724. The van der Waals surface area contributed by atoms with E-state index in [1.165, 1.54) is 10.5 Å². The van der Waals surface area contributed by atoms with Crippen LogP contribution in [0.5, 0.6) is 0 Å². The predicted octanol–water partition coefficient (Wildman–Crippen LogP) is 0.983. The molecule has 2 radical (unpaired) electrons. The molecule has 0 aromatic carbocycles. The topological polar surface area (TPSA) is 0 Å². The fraction of sp³-hybridized carbons (Fsp3) is 1.00. The molecule has 0 amide bonds. The van der Waals surface area contributed by atoms with Crippen molar-refractivity contribution in [2.75, 3.05) is 0 Å². The number of rotatable bonds is 1. The van der Waals surface area contributed by atoms with Crippen molar-refractivity contribution in [3.8, 4) is 0 Å². The number of hydrogen-bond donors (Lipinski definition) is 0. The van der Waals surface area contributed by atoms with E-state index >= 15 is 0 Å². The first-order chi connectivity index (χ1) is 1.91. The summed E-state index contributed by atoms with van der Waals surface area (Å²) in [6.07, 6.45) is 1.37. The maximum atomic E-state index is 2.21. The van der Waals surface area contributed by atoms with Crippen molar-refractivity contribution in [2.24, 2.45) is 0 Å². The van der Waals surface area contributed by atoms with Crippen molar-refractivity contribution in [1.29, 1.82) is 0 Å². The van der Waals surface area contributed by atoms with E-state index in [-0.39, 0.29) is 0 Å². The number of hydrogen-bond acceptors (Lipinski definition) is 0. The Hall–Kier alpha value is 0.883. The van der Waals surface area contributed by atoms with Gasteiger partial charge in [0.2, 0.25) is 0 Å². The van der Waals surface area contributed by atoms with Crippen LogP contribution in [0.25, 0.3) is 0 Å². The van der Waals surface area contributed by atoms with Gasteiger partial charge in [0.1, 0.15) is 0 Å². The van der Waals surface area contributed by atoms with Crippen LogP contribution >= 0.6 is 0 Å². The van der Waals surface area contributed by atoms with Crippen LogP contribution in [-0.4, -0.2) is 24.7 Å². The molecule has 4 heavy (non-hydrogen) atoms. The van der Waals surface area contributed by atoms with Crippen molar-refractivity contribution in [1.82, 2.24) is 0 Å². The summed E-state index contributed by atoms with van der Waals surface area (Å²) in [6, 6.07) is 0.